The first-order chi connectivity index (χ1) is 16.1. The molecule has 5 heterocycles. The Kier molecular flexibility index (Phi) is 5.21. The van der Waals surface area contributed by atoms with Crippen molar-refractivity contribution in [1.29, 1.82) is 0 Å². The van der Waals surface area contributed by atoms with E-state index in [1.165, 1.54) is 0 Å². The Bertz CT molecular complexity index is 1110. The van der Waals surface area contributed by atoms with E-state index in [1.807, 2.05) is 18.2 Å². The predicted octanol–water partition coefficient (Wildman–Crippen LogP) is 2.36. The van der Waals surface area contributed by atoms with Gasteiger partial charge < -0.3 is 25.6 Å². The van der Waals surface area contributed by atoms with E-state index in [2.05, 4.69) is 26.9 Å². The number of fused-ring (bicyclic) bond motifs is 3. The molecule has 10 heteroatoms. The van der Waals surface area contributed by atoms with Crippen molar-refractivity contribution in [2.45, 2.75) is 48.6 Å². The first kappa shape index (κ1) is 20.9. The number of urea groups is 1. The summed E-state index contributed by atoms with van der Waals surface area (Å²) in [7, 11) is -1.06. The normalized spacial score (nSPS) is 24.1. The van der Waals surface area contributed by atoms with Gasteiger partial charge in [-0.25, -0.2) is 9.78 Å². The lowest BCUT2D eigenvalue weighted by Gasteiger charge is -2.45. The summed E-state index contributed by atoms with van der Waals surface area (Å²) in [6.45, 7) is 2.93. The number of nitrogens with one attached hydrogen (secondary N) is 3. The summed E-state index contributed by atoms with van der Waals surface area (Å²) in [6, 6.07) is 8.14. The molecule has 9 nitrogen and oxygen atoms in total. The molecule has 0 aliphatic carbocycles. The summed E-state index contributed by atoms with van der Waals surface area (Å²) in [5, 5.41) is 9.66. The second kappa shape index (κ2) is 8.25. The Morgan fingerprint density at radius 1 is 1.15 bits per heavy atom. The topological polar surface area (TPSA) is 108 Å². The Hall–Kier alpha value is -2.72. The van der Waals surface area contributed by atoms with Crippen molar-refractivity contribution in [2.75, 3.05) is 47.6 Å². The third kappa shape index (κ3) is 3.74. The van der Waals surface area contributed by atoms with Crippen LogP contribution < -0.4 is 20.9 Å². The number of anilines is 3. The standard InChI is InChI=1S/C23H28N6O3S/c30-22-26-17-4-2-1-3-16(17)23(28-22)8-10-29(11-9-23)21-25-18-7-14-33(31)19(18)20(27-21)24-15-5-12-32-13-6-15/h1-4,15H,5-14H2,(H,24,25,27)(H2,26,28,30). The Labute approximate surface area is 195 Å². The Morgan fingerprint density at radius 3 is 2.76 bits per heavy atom. The molecular formula is C23H28N6O3S. The van der Waals surface area contributed by atoms with E-state index in [1.54, 1.807) is 0 Å². The molecule has 0 saturated carbocycles. The van der Waals surface area contributed by atoms with Gasteiger partial charge in [0, 0.05) is 55.8 Å². The van der Waals surface area contributed by atoms with Crippen LogP contribution in [0.25, 0.3) is 0 Å². The third-order valence-corrected chi connectivity index (χ3v) is 8.64. The largest absolute Gasteiger partial charge is 0.381 e. The third-order valence-electron chi connectivity index (χ3n) is 7.18. The van der Waals surface area contributed by atoms with Crippen molar-refractivity contribution in [3.8, 4) is 0 Å². The maximum Gasteiger partial charge on any atom is 0.319 e. The van der Waals surface area contributed by atoms with Crippen LogP contribution in [0.2, 0.25) is 0 Å². The van der Waals surface area contributed by atoms with Crippen LogP contribution >= 0.6 is 0 Å². The molecule has 2 aromatic rings. The van der Waals surface area contributed by atoms with Gasteiger partial charge in [0.25, 0.3) is 0 Å². The van der Waals surface area contributed by atoms with Crippen LogP contribution in [0.5, 0.6) is 0 Å². The minimum atomic E-state index is -1.06. The van der Waals surface area contributed by atoms with Crippen molar-refractivity contribution in [2.24, 2.45) is 0 Å². The van der Waals surface area contributed by atoms with Crippen molar-refractivity contribution in [3.05, 3.63) is 35.5 Å². The molecule has 174 valence electrons. The highest BCUT2D eigenvalue weighted by Gasteiger charge is 2.42. The fourth-order valence-corrected chi connectivity index (χ4v) is 6.70. The quantitative estimate of drug-likeness (QED) is 0.635. The average Bonchev–Trinajstić information content (AvgIpc) is 3.21. The number of carbonyl (C=O) groups is 1. The van der Waals surface area contributed by atoms with Gasteiger partial charge in [0.1, 0.15) is 10.7 Å². The molecule has 2 amide bonds. The van der Waals surface area contributed by atoms with Gasteiger partial charge >= 0.3 is 6.03 Å². The van der Waals surface area contributed by atoms with E-state index in [0.717, 1.165) is 79.6 Å². The molecule has 0 bridgehead atoms. The predicted molar refractivity (Wildman–Crippen MR) is 126 cm³/mol. The number of aromatic nitrogens is 2. The molecule has 3 N–H and O–H groups in total. The number of para-hydroxylation sites is 1. The minimum Gasteiger partial charge on any atom is -0.381 e. The van der Waals surface area contributed by atoms with E-state index < -0.39 is 10.8 Å². The molecule has 2 fully saturated rings. The first-order valence-electron chi connectivity index (χ1n) is 11.7. The maximum absolute atomic E-state index is 12.7. The average molecular weight is 469 g/mol. The molecule has 1 spiro atoms. The summed E-state index contributed by atoms with van der Waals surface area (Å²) in [4.78, 5) is 25.0. The van der Waals surface area contributed by atoms with Gasteiger partial charge in [-0.2, -0.15) is 4.98 Å². The van der Waals surface area contributed by atoms with Crippen molar-refractivity contribution >= 4 is 34.3 Å². The van der Waals surface area contributed by atoms with Gasteiger partial charge in [-0.05, 0) is 31.7 Å². The number of piperidine rings is 1. The molecule has 1 unspecified atom stereocenters. The number of aryl methyl sites for hydroxylation is 1. The molecule has 4 aliphatic heterocycles. The number of rotatable bonds is 3. The van der Waals surface area contributed by atoms with Crippen molar-refractivity contribution in [1.82, 2.24) is 15.3 Å². The number of hydrogen-bond donors (Lipinski definition) is 3. The first-order valence-corrected chi connectivity index (χ1v) is 13.0. The lowest BCUT2D eigenvalue weighted by Crippen LogP contribution is -2.57. The number of carbonyl (C=O) groups excluding carboxylic acids is 1. The van der Waals surface area contributed by atoms with Gasteiger partial charge in [0.15, 0.2) is 0 Å². The molecule has 4 aliphatic rings. The SMILES string of the molecule is O=C1Nc2ccccc2C2(CCN(c3nc4c(c(NC5CCOCC5)n3)S(=O)CC4)CC2)N1. The van der Waals surface area contributed by atoms with Crippen LogP contribution in [0, 0.1) is 0 Å². The molecular weight excluding hydrogens is 440 g/mol. The molecule has 1 atom stereocenters. The van der Waals surface area contributed by atoms with Crippen molar-refractivity contribution < 1.29 is 13.7 Å². The van der Waals surface area contributed by atoms with Crippen molar-refractivity contribution in [3.63, 3.8) is 0 Å². The highest BCUT2D eigenvalue weighted by molar-refractivity contribution is 7.85. The maximum atomic E-state index is 12.7. The monoisotopic (exact) mass is 468 g/mol. The van der Waals surface area contributed by atoms with Gasteiger partial charge in [-0.1, -0.05) is 18.2 Å². The van der Waals surface area contributed by atoms with Gasteiger partial charge in [-0.3, -0.25) is 4.21 Å². The fraction of sp³-hybridized carbons (Fsp3) is 0.522. The van der Waals surface area contributed by atoms with Crippen LogP contribution in [0.4, 0.5) is 22.2 Å². The Morgan fingerprint density at radius 2 is 1.94 bits per heavy atom. The molecule has 2 saturated heterocycles. The summed E-state index contributed by atoms with van der Waals surface area (Å²) in [6.07, 6.45) is 4.09. The van der Waals surface area contributed by atoms with Crippen LogP contribution in [-0.4, -0.2) is 58.3 Å². The molecule has 6 rings (SSSR count). The number of benzene rings is 1. The summed E-state index contributed by atoms with van der Waals surface area (Å²) in [5.74, 6) is 2.01. The molecule has 1 aromatic heterocycles. The number of nitrogens with zero attached hydrogens (tertiary/aromatic N) is 3. The Balaban J connectivity index is 1.26. The fourth-order valence-electron chi connectivity index (χ4n) is 5.39. The van der Waals surface area contributed by atoms with Crippen LogP contribution in [0.15, 0.2) is 29.2 Å². The summed E-state index contributed by atoms with van der Waals surface area (Å²) < 4.78 is 18.2. The highest BCUT2D eigenvalue weighted by atomic mass is 32.2. The minimum absolute atomic E-state index is 0.152. The van der Waals surface area contributed by atoms with Crippen LogP contribution in [0.3, 0.4) is 0 Å². The summed E-state index contributed by atoms with van der Waals surface area (Å²) in [5.41, 5.74) is 2.54. The van der Waals surface area contributed by atoms with E-state index in [-0.39, 0.29) is 17.6 Å². The smallest absolute Gasteiger partial charge is 0.319 e. The number of hydrogen-bond acceptors (Lipinski definition) is 7. The van der Waals surface area contributed by atoms with E-state index in [0.29, 0.717) is 18.1 Å². The van der Waals surface area contributed by atoms with E-state index >= 15 is 0 Å². The highest BCUT2D eigenvalue weighted by Crippen LogP contribution is 2.40. The van der Waals surface area contributed by atoms with E-state index in [4.69, 9.17) is 14.7 Å². The molecule has 0 radical (unpaired) electrons. The number of ether oxygens (including phenoxy) is 1. The van der Waals surface area contributed by atoms with E-state index in [9.17, 15) is 9.00 Å². The second-order valence-corrected chi connectivity index (χ2v) is 10.7. The molecule has 33 heavy (non-hydrogen) atoms. The lowest BCUT2D eigenvalue weighted by molar-refractivity contribution is 0.0903. The number of amides is 2. The van der Waals surface area contributed by atoms with Gasteiger partial charge in [-0.15, -0.1) is 0 Å². The second-order valence-electron chi connectivity index (χ2n) is 9.17. The zero-order valence-electron chi connectivity index (χ0n) is 18.4. The lowest BCUT2D eigenvalue weighted by atomic mass is 9.79. The molecule has 1 aromatic carbocycles. The van der Waals surface area contributed by atoms with Crippen LogP contribution in [0.1, 0.15) is 36.9 Å². The zero-order valence-corrected chi connectivity index (χ0v) is 19.2. The zero-order chi connectivity index (χ0) is 22.4. The van der Waals surface area contributed by atoms with Gasteiger partial charge in [0.2, 0.25) is 5.95 Å². The summed E-state index contributed by atoms with van der Waals surface area (Å²) >= 11 is 0. The van der Waals surface area contributed by atoms with Crippen LogP contribution in [-0.2, 0) is 27.5 Å². The van der Waals surface area contributed by atoms with Gasteiger partial charge in [0.05, 0.1) is 22.0 Å².